The zero-order valence-corrected chi connectivity index (χ0v) is 10.1. The number of rotatable bonds is 1. The molecule has 16 heavy (non-hydrogen) atoms. The monoisotopic (exact) mass is 213 g/mol. The van der Waals surface area contributed by atoms with Gasteiger partial charge >= 0.3 is 0 Å². The van der Waals surface area contributed by atoms with Crippen LogP contribution in [0, 0.1) is 5.92 Å². The van der Waals surface area contributed by atoms with Crippen LogP contribution in [0.15, 0.2) is 36.4 Å². The molecule has 0 aliphatic heterocycles. The molecule has 1 aromatic carbocycles. The molecule has 0 fully saturated rings. The summed E-state index contributed by atoms with van der Waals surface area (Å²) in [7, 11) is 4.44. The first-order valence-electron chi connectivity index (χ1n) is 6.18. The second-order valence-electron chi connectivity index (χ2n) is 5.29. The molecule has 2 aliphatic rings. The van der Waals surface area contributed by atoms with Crippen LogP contribution >= 0.6 is 0 Å². The summed E-state index contributed by atoms with van der Waals surface area (Å²) in [5.41, 5.74) is 3.15. The van der Waals surface area contributed by atoms with Gasteiger partial charge in [-0.2, -0.15) is 0 Å². The molecule has 84 valence electrons. The highest BCUT2D eigenvalue weighted by atomic mass is 15.1. The van der Waals surface area contributed by atoms with Crippen molar-refractivity contribution in [3.63, 3.8) is 0 Å². The topological polar surface area (TPSA) is 3.24 Å². The fourth-order valence-electron chi connectivity index (χ4n) is 3.53. The van der Waals surface area contributed by atoms with Crippen molar-refractivity contribution in [3.8, 4) is 0 Å². The Bertz CT molecular complexity index is 419. The summed E-state index contributed by atoms with van der Waals surface area (Å²) in [6.45, 7) is 0. The van der Waals surface area contributed by atoms with Crippen molar-refractivity contribution in [2.45, 2.75) is 24.8 Å². The van der Waals surface area contributed by atoms with Crippen LogP contribution < -0.4 is 0 Å². The van der Waals surface area contributed by atoms with E-state index < -0.39 is 0 Å². The fourth-order valence-corrected chi connectivity index (χ4v) is 3.53. The van der Waals surface area contributed by atoms with E-state index in [0.717, 1.165) is 0 Å². The van der Waals surface area contributed by atoms with Crippen LogP contribution in [-0.4, -0.2) is 25.0 Å². The summed E-state index contributed by atoms with van der Waals surface area (Å²) in [6.07, 6.45) is 7.23. The van der Waals surface area contributed by atoms with E-state index >= 15 is 0 Å². The second-order valence-corrected chi connectivity index (χ2v) is 5.29. The molecule has 0 aromatic heterocycles. The molecule has 0 heterocycles. The van der Waals surface area contributed by atoms with E-state index in [-0.39, 0.29) is 0 Å². The summed E-state index contributed by atoms with van der Waals surface area (Å²) in [4.78, 5) is 2.41. The minimum absolute atomic E-state index is 0.694. The second kappa shape index (κ2) is 3.74. The van der Waals surface area contributed by atoms with Crippen LogP contribution in [-0.2, 0) is 6.42 Å². The van der Waals surface area contributed by atoms with Gasteiger partial charge in [-0.3, -0.25) is 0 Å². The van der Waals surface area contributed by atoms with E-state index in [0.29, 0.717) is 17.9 Å². The van der Waals surface area contributed by atoms with Crippen molar-refractivity contribution in [1.29, 1.82) is 0 Å². The van der Waals surface area contributed by atoms with Crippen molar-refractivity contribution in [3.05, 3.63) is 47.5 Å². The number of fused-ring (bicyclic) bond motifs is 4. The van der Waals surface area contributed by atoms with Crippen LogP contribution in [0.2, 0.25) is 0 Å². The lowest BCUT2D eigenvalue weighted by atomic mass is 9.68. The van der Waals surface area contributed by atoms with Crippen LogP contribution in [0.3, 0.4) is 0 Å². The van der Waals surface area contributed by atoms with E-state index in [1.807, 2.05) is 0 Å². The molecule has 3 rings (SSSR count). The minimum Gasteiger partial charge on any atom is -0.305 e. The Morgan fingerprint density at radius 1 is 1.19 bits per heavy atom. The van der Waals surface area contributed by atoms with Gasteiger partial charge in [0.1, 0.15) is 0 Å². The number of benzene rings is 1. The Morgan fingerprint density at radius 3 is 2.81 bits per heavy atom. The number of allylic oxidation sites excluding steroid dienone is 1. The van der Waals surface area contributed by atoms with Gasteiger partial charge < -0.3 is 4.90 Å². The van der Waals surface area contributed by atoms with Crippen LogP contribution in [0.1, 0.15) is 23.5 Å². The predicted molar refractivity (Wildman–Crippen MR) is 67.6 cm³/mol. The summed E-state index contributed by atoms with van der Waals surface area (Å²) in [5, 5.41) is 0. The van der Waals surface area contributed by atoms with Gasteiger partial charge in [-0.25, -0.2) is 0 Å². The molecule has 0 unspecified atom stereocenters. The fraction of sp³-hybridized carbons (Fsp3) is 0.467. The molecule has 0 saturated carbocycles. The molecular weight excluding hydrogens is 194 g/mol. The van der Waals surface area contributed by atoms with Gasteiger partial charge in [-0.15, -0.1) is 0 Å². The average Bonchev–Trinajstić information content (AvgIpc) is 2.28. The van der Waals surface area contributed by atoms with Gasteiger partial charge in [0.2, 0.25) is 0 Å². The highest BCUT2D eigenvalue weighted by Gasteiger charge is 2.37. The van der Waals surface area contributed by atoms with Crippen molar-refractivity contribution >= 4 is 0 Å². The third kappa shape index (κ3) is 1.42. The van der Waals surface area contributed by atoms with E-state index in [9.17, 15) is 0 Å². The lowest BCUT2D eigenvalue weighted by Crippen LogP contribution is -2.45. The Morgan fingerprint density at radius 2 is 2.00 bits per heavy atom. The molecule has 1 aromatic rings. The molecule has 1 heteroatoms. The molecule has 0 N–H and O–H groups in total. The minimum atomic E-state index is 0.694. The van der Waals surface area contributed by atoms with Crippen molar-refractivity contribution in [2.75, 3.05) is 14.1 Å². The first kappa shape index (κ1) is 10.1. The summed E-state index contributed by atoms with van der Waals surface area (Å²) in [5.74, 6) is 1.42. The number of hydrogen-bond acceptors (Lipinski definition) is 1. The summed E-state index contributed by atoms with van der Waals surface area (Å²) >= 11 is 0. The van der Waals surface area contributed by atoms with Gasteiger partial charge in [0.15, 0.2) is 0 Å². The maximum Gasteiger partial charge on any atom is 0.0227 e. The third-order valence-corrected chi connectivity index (χ3v) is 4.13. The smallest absolute Gasteiger partial charge is 0.0227 e. The lowest BCUT2D eigenvalue weighted by Gasteiger charge is -2.44. The van der Waals surface area contributed by atoms with Gasteiger partial charge in [0.05, 0.1) is 0 Å². The average molecular weight is 213 g/mol. The summed E-state index contributed by atoms with van der Waals surface area (Å²) < 4.78 is 0. The van der Waals surface area contributed by atoms with Crippen LogP contribution in [0.25, 0.3) is 0 Å². The molecule has 3 atom stereocenters. The van der Waals surface area contributed by atoms with Crippen LogP contribution in [0.5, 0.6) is 0 Å². The maximum absolute atomic E-state index is 2.43. The van der Waals surface area contributed by atoms with Gasteiger partial charge in [0.25, 0.3) is 0 Å². The number of likely N-dealkylation sites (N-methyl/N-ethyl adjacent to an activating group) is 1. The molecule has 2 aliphatic carbocycles. The standard InChI is InChI=1S/C15H19N/c1-16(2)15-12-7-5-9-14(15)13-8-4-3-6-11(13)10-12/h3-8,12,14-15H,9-10H2,1-2H3/t12-,14+,15+/m0/s1. The zero-order chi connectivity index (χ0) is 11.1. The highest BCUT2D eigenvalue weighted by molar-refractivity contribution is 5.38. The molecule has 0 spiro atoms. The first-order valence-corrected chi connectivity index (χ1v) is 6.18. The largest absolute Gasteiger partial charge is 0.305 e. The quantitative estimate of drug-likeness (QED) is 0.648. The van der Waals surface area contributed by atoms with E-state index in [1.54, 1.807) is 11.1 Å². The molecular formula is C15H19N. The Balaban J connectivity index is 2.08. The lowest BCUT2D eigenvalue weighted by molar-refractivity contribution is 0.180. The van der Waals surface area contributed by atoms with Gasteiger partial charge in [-0.1, -0.05) is 36.4 Å². The molecule has 0 radical (unpaired) electrons. The molecule has 0 amide bonds. The van der Waals surface area contributed by atoms with Crippen molar-refractivity contribution in [1.82, 2.24) is 4.90 Å². The zero-order valence-electron chi connectivity index (χ0n) is 10.1. The number of hydrogen-bond donors (Lipinski definition) is 0. The molecule has 1 nitrogen and oxygen atoms in total. The highest BCUT2D eigenvalue weighted by Crippen LogP contribution is 2.42. The van der Waals surface area contributed by atoms with Crippen LogP contribution in [0.4, 0.5) is 0 Å². The predicted octanol–water partition coefficient (Wildman–Crippen LogP) is 2.83. The van der Waals surface area contributed by atoms with E-state index in [4.69, 9.17) is 0 Å². The normalized spacial score (nSPS) is 31.6. The first-order chi connectivity index (χ1) is 7.77. The van der Waals surface area contributed by atoms with E-state index in [2.05, 4.69) is 55.4 Å². The van der Waals surface area contributed by atoms with E-state index in [1.165, 1.54) is 12.8 Å². The third-order valence-electron chi connectivity index (χ3n) is 4.13. The Labute approximate surface area is 97.8 Å². The SMILES string of the molecule is CN(C)[C@H]1[C@@H]2CC=C[C@H]1Cc1ccccc12. The van der Waals surface area contributed by atoms with Gasteiger partial charge in [0, 0.05) is 12.0 Å². The maximum atomic E-state index is 2.43. The Hall–Kier alpha value is -1.08. The van der Waals surface area contributed by atoms with Gasteiger partial charge in [-0.05, 0) is 44.0 Å². The number of nitrogens with zero attached hydrogens (tertiary/aromatic N) is 1. The Kier molecular flexibility index (Phi) is 2.36. The summed E-state index contributed by atoms with van der Waals surface area (Å²) in [6, 6.07) is 9.69. The van der Waals surface area contributed by atoms with Crippen molar-refractivity contribution in [2.24, 2.45) is 5.92 Å². The molecule has 2 bridgehead atoms. The molecule has 0 saturated heterocycles. The van der Waals surface area contributed by atoms with Crippen molar-refractivity contribution < 1.29 is 0 Å².